The van der Waals surface area contributed by atoms with E-state index in [0.717, 1.165) is 6.42 Å². The molecular weight excluding hydrogens is 218 g/mol. The summed E-state index contributed by atoms with van der Waals surface area (Å²) >= 11 is 0. The van der Waals surface area contributed by atoms with Crippen LogP contribution in [-0.2, 0) is 4.74 Å². The molecule has 1 aromatic heterocycles. The van der Waals surface area contributed by atoms with Gasteiger partial charge in [0.25, 0.3) is 0 Å². The third-order valence-electron chi connectivity index (χ3n) is 2.88. The molecule has 0 amide bonds. The summed E-state index contributed by atoms with van der Waals surface area (Å²) < 4.78 is 4.73. The maximum atomic E-state index is 11.7. The van der Waals surface area contributed by atoms with Crippen LogP contribution in [0.2, 0.25) is 0 Å². The van der Waals surface area contributed by atoms with E-state index in [1.807, 2.05) is 11.9 Å². The van der Waals surface area contributed by atoms with Gasteiger partial charge in [0.15, 0.2) is 0 Å². The van der Waals surface area contributed by atoms with E-state index in [1.54, 1.807) is 12.3 Å². The number of nitrogens with two attached hydrogens (primary N) is 1. The fraction of sp³-hybridized carbons (Fsp3) is 0.500. The number of rotatable bonds is 4. The van der Waals surface area contributed by atoms with E-state index in [2.05, 4.69) is 18.8 Å². The number of pyridine rings is 1. The molecule has 0 bridgehead atoms. The molecule has 0 saturated carbocycles. The van der Waals surface area contributed by atoms with Gasteiger partial charge >= 0.3 is 5.97 Å². The molecule has 0 radical (unpaired) electrons. The minimum Gasteiger partial charge on any atom is -0.465 e. The minimum absolute atomic E-state index is 0.287. The Morgan fingerprint density at radius 2 is 2.29 bits per heavy atom. The third-order valence-corrected chi connectivity index (χ3v) is 2.88. The van der Waals surface area contributed by atoms with E-state index in [-0.39, 0.29) is 6.04 Å². The second-order valence-electron chi connectivity index (χ2n) is 4.00. The summed E-state index contributed by atoms with van der Waals surface area (Å²) in [6.07, 6.45) is 2.50. The number of carbonyl (C=O) groups excluding carboxylic acids is 1. The maximum absolute atomic E-state index is 11.7. The molecule has 0 spiro atoms. The lowest BCUT2D eigenvalue weighted by atomic mass is 10.2. The van der Waals surface area contributed by atoms with Crippen LogP contribution in [0.5, 0.6) is 0 Å². The molecule has 0 aliphatic heterocycles. The number of carbonyl (C=O) groups is 1. The van der Waals surface area contributed by atoms with Crippen LogP contribution in [-0.4, -0.2) is 31.2 Å². The number of ether oxygens (including phenoxy) is 1. The predicted octanol–water partition coefficient (Wildman–Crippen LogP) is 1.69. The Labute approximate surface area is 102 Å². The van der Waals surface area contributed by atoms with E-state index in [0.29, 0.717) is 17.1 Å². The van der Waals surface area contributed by atoms with Gasteiger partial charge in [-0.2, -0.15) is 0 Å². The van der Waals surface area contributed by atoms with Gasteiger partial charge in [-0.05, 0) is 19.4 Å². The van der Waals surface area contributed by atoms with Crippen molar-refractivity contribution in [2.45, 2.75) is 26.3 Å². The average Bonchev–Trinajstić information content (AvgIpc) is 2.35. The van der Waals surface area contributed by atoms with Crippen LogP contribution in [0.4, 0.5) is 11.5 Å². The molecule has 0 aliphatic rings. The molecule has 1 aromatic rings. The van der Waals surface area contributed by atoms with Crippen molar-refractivity contribution >= 4 is 17.5 Å². The second-order valence-corrected chi connectivity index (χ2v) is 4.00. The number of hydrogen-bond acceptors (Lipinski definition) is 5. The van der Waals surface area contributed by atoms with Crippen LogP contribution >= 0.6 is 0 Å². The number of anilines is 2. The number of esters is 1. The lowest BCUT2D eigenvalue weighted by Crippen LogP contribution is -2.30. The maximum Gasteiger partial charge on any atom is 0.341 e. The molecule has 5 heteroatoms. The van der Waals surface area contributed by atoms with Crippen molar-refractivity contribution in [3.63, 3.8) is 0 Å². The average molecular weight is 237 g/mol. The van der Waals surface area contributed by atoms with Gasteiger partial charge in [0.05, 0.1) is 19.0 Å². The Bertz CT molecular complexity index is 407. The van der Waals surface area contributed by atoms with Gasteiger partial charge < -0.3 is 15.4 Å². The highest BCUT2D eigenvalue weighted by molar-refractivity contribution is 5.95. The lowest BCUT2D eigenvalue weighted by Gasteiger charge is -2.26. The number of hydrogen-bond donors (Lipinski definition) is 1. The molecule has 1 atom stereocenters. The third kappa shape index (κ3) is 2.87. The topological polar surface area (TPSA) is 68.5 Å². The summed E-state index contributed by atoms with van der Waals surface area (Å²) in [7, 11) is 3.25. The van der Waals surface area contributed by atoms with Crippen molar-refractivity contribution in [3.05, 3.63) is 17.8 Å². The molecule has 0 aromatic carbocycles. The summed E-state index contributed by atoms with van der Waals surface area (Å²) in [5, 5.41) is 0. The molecule has 17 heavy (non-hydrogen) atoms. The minimum atomic E-state index is -0.421. The first-order valence-electron chi connectivity index (χ1n) is 5.57. The summed E-state index contributed by atoms with van der Waals surface area (Å²) in [4.78, 5) is 17.8. The van der Waals surface area contributed by atoms with Gasteiger partial charge in [0.1, 0.15) is 11.4 Å². The highest BCUT2D eigenvalue weighted by Crippen LogP contribution is 2.22. The Morgan fingerprint density at radius 1 is 1.65 bits per heavy atom. The fourth-order valence-electron chi connectivity index (χ4n) is 1.50. The molecule has 2 N–H and O–H groups in total. The number of nitrogens with zero attached hydrogens (tertiary/aromatic N) is 2. The van der Waals surface area contributed by atoms with Crippen LogP contribution < -0.4 is 10.6 Å². The SMILES string of the molecule is CCC(C)N(C)c1ncc(N)cc1C(=O)OC. The van der Waals surface area contributed by atoms with Gasteiger partial charge in [0.2, 0.25) is 0 Å². The molecule has 1 unspecified atom stereocenters. The normalized spacial score (nSPS) is 12.0. The van der Waals surface area contributed by atoms with Crippen molar-refractivity contribution in [3.8, 4) is 0 Å². The lowest BCUT2D eigenvalue weighted by molar-refractivity contribution is 0.0601. The van der Waals surface area contributed by atoms with Crippen LogP contribution in [0.15, 0.2) is 12.3 Å². The van der Waals surface area contributed by atoms with Crippen molar-refractivity contribution in [2.75, 3.05) is 24.8 Å². The highest BCUT2D eigenvalue weighted by Gasteiger charge is 2.19. The van der Waals surface area contributed by atoms with Crippen LogP contribution in [0.1, 0.15) is 30.6 Å². The summed E-state index contributed by atoms with van der Waals surface area (Å²) in [5.41, 5.74) is 6.49. The predicted molar refractivity (Wildman–Crippen MR) is 68.1 cm³/mol. The first kappa shape index (κ1) is 13.3. The van der Waals surface area contributed by atoms with Gasteiger partial charge in [-0.15, -0.1) is 0 Å². The molecule has 94 valence electrons. The van der Waals surface area contributed by atoms with Crippen molar-refractivity contribution in [2.24, 2.45) is 0 Å². The zero-order valence-electron chi connectivity index (χ0n) is 10.7. The molecule has 1 heterocycles. The number of aromatic nitrogens is 1. The van der Waals surface area contributed by atoms with Gasteiger partial charge in [-0.3, -0.25) is 0 Å². The van der Waals surface area contributed by atoms with Crippen molar-refractivity contribution < 1.29 is 9.53 Å². The largest absolute Gasteiger partial charge is 0.465 e. The molecule has 5 nitrogen and oxygen atoms in total. The summed E-state index contributed by atoms with van der Waals surface area (Å²) in [6.45, 7) is 4.15. The first-order chi connectivity index (χ1) is 8.01. The van der Waals surface area contributed by atoms with E-state index in [1.165, 1.54) is 7.11 Å². The second kappa shape index (κ2) is 5.52. The van der Waals surface area contributed by atoms with Crippen LogP contribution in [0.25, 0.3) is 0 Å². The van der Waals surface area contributed by atoms with E-state index in [9.17, 15) is 4.79 Å². The fourth-order valence-corrected chi connectivity index (χ4v) is 1.50. The molecule has 1 rings (SSSR count). The van der Waals surface area contributed by atoms with Crippen molar-refractivity contribution in [1.29, 1.82) is 0 Å². The quantitative estimate of drug-likeness (QED) is 0.807. The molecule has 0 fully saturated rings. The monoisotopic (exact) mass is 237 g/mol. The highest BCUT2D eigenvalue weighted by atomic mass is 16.5. The Kier molecular flexibility index (Phi) is 4.31. The van der Waals surface area contributed by atoms with Crippen molar-refractivity contribution in [1.82, 2.24) is 4.98 Å². The first-order valence-corrected chi connectivity index (χ1v) is 5.57. The number of methoxy groups -OCH3 is 1. The Morgan fingerprint density at radius 3 is 2.82 bits per heavy atom. The van der Waals surface area contributed by atoms with Gasteiger partial charge in [-0.25, -0.2) is 9.78 Å². The molecular formula is C12H19N3O2. The molecule has 0 saturated heterocycles. The van der Waals surface area contributed by atoms with Crippen LogP contribution in [0, 0.1) is 0 Å². The summed E-state index contributed by atoms with van der Waals surface area (Å²) in [6, 6.07) is 1.88. The Hall–Kier alpha value is -1.78. The smallest absolute Gasteiger partial charge is 0.341 e. The van der Waals surface area contributed by atoms with Gasteiger partial charge in [0, 0.05) is 13.1 Å². The van der Waals surface area contributed by atoms with E-state index in [4.69, 9.17) is 10.5 Å². The van der Waals surface area contributed by atoms with E-state index >= 15 is 0 Å². The van der Waals surface area contributed by atoms with Crippen LogP contribution in [0.3, 0.4) is 0 Å². The number of nitrogen functional groups attached to an aromatic ring is 1. The van der Waals surface area contributed by atoms with E-state index < -0.39 is 5.97 Å². The zero-order valence-corrected chi connectivity index (χ0v) is 10.7. The standard InChI is InChI=1S/C12H19N3O2/c1-5-8(2)15(3)11-10(12(16)17-4)6-9(13)7-14-11/h6-8H,5,13H2,1-4H3. The molecule has 0 aliphatic carbocycles. The van der Waals surface area contributed by atoms with Gasteiger partial charge in [-0.1, -0.05) is 6.92 Å². The zero-order chi connectivity index (χ0) is 13.0. The Balaban J connectivity index is 3.18. The summed E-state index contributed by atoms with van der Waals surface area (Å²) in [5.74, 6) is 0.176.